The molecule has 196 valence electrons. The number of carbonyl (C=O) groups is 3. The number of rotatable bonds is 11. The molecule has 3 saturated heterocycles. The van der Waals surface area contributed by atoms with Crippen molar-refractivity contribution < 1.29 is 23.9 Å². The van der Waals surface area contributed by atoms with E-state index in [4.69, 9.17) is 9.47 Å². The van der Waals surface area contributed by atoms with Crippen molar-refractivity contribution in [3.63, 3.8) is 0 Å². The molecule has 0 unspecified atom stereocenters. The number of benzene rings is 3. The minimum absolute atomic E-state index is 0.0169. The third-order valence-electron chi connectivity index (χ3n) is 7.63. The van der Waals surface area contributed by atoms with Gasteiger partial charge >= 0.3 is 5.97 Å². The average molecular weight is 512 g/mol. The summed E-state index contributed by atoms with van der Waals surface area (Å²) in [5, 5.41) is 0. The number of hydrogen-bond acceptors (Lipinski definition) is 6. The molecule has 6 nitrogen and oxygen atoms in total. The Morgan fingerprint density at radius 2 is 1.66 bits per heavy atom. The molecule has 0 radical (unpaired) electrons. The number of ether oxygens (including phenoxy) is 2. The number of nitrogens with zero attached hydrogens (tertiary/aromatic N) is 1. The van der Waals surface area contributed by atoms with Gasteiger partial charge in [-0.1, -0.05) is 66.7 Å². The average Bonchev–Trinajstić information content (AvgIpc) is 2.96. The Balaban J connectivity index is 1.24. The summed E-state index contributed by atoms with van der Waals surface area (Å²) in [7, 11) is 0. The van der Waals surface area contributed by atoms with Crippen LogP contribution < -0.4 is 4.74 Å². The highest BCUT2D eigenvalue weighted by Crippen LogP contribution is 2.33. The van der Waals surface area contributed by atoms with E-state index in [0.717, 1.165) is 55.5 Å². The summed E-state index contributed by atoms with van der Waals surface area (Å²) >= 11 is 0. The first-order chi connectivity index (χ1) is 18.6. The second-order valence-corrected chi connectivity index (χ2v) is 10.3. The van der Waals surface area contributed by atoms with Gasteiger partial charge in [0, 0.05) is 24.4 Å². The van der Waals surface area contributed by atoms with Crippen LogP contribution in [0.2, 0.25) is 0 Å². The molecule has 3 aromatic carbocycles. The van der Waals surface area contributed by atoms with Gasteiger partial charge in [-0.25, -0.2) is 0 Å². The Labute approximate surface area is 223 Å². The largest absolute Gasteiger partial charge is 0.486 e. The number of esters is 1. The van der Waals surface area contributed by atoms with E-state index in [1.807, 2.05) is 54.6 Å². The van der Waals surface area contributed by atoms with Crippen molar-refractivity contribution in [2.45, 2.75) is 37.7 Å². The van der Waals surface area contributed by atoms with E-state index in [9.17, 15) is 14.4 Å². The molecule has 2 bridgehead atoms. The van der Waals surface area contributed by atoms with Crippen molar-refractivity contribution in [3.05, 3.63) is 101 Å². The second kappa shape index (κ2) is 12.2. The molecule has 6 rings (SSSR count). The number of carbonyl (C=O) groups excluding carboxylic acids is 3. The molecule has 0 amide bonds. The lowest BCUT2D eigenvalue weighted by atomic mass is 9.85. The standard InChI is InChI=1S/C32H33NO5/c34-21-24-11-9-23(10-12-24)17-28(35)22-37-29-8-4-7-27(18-29)30(25-5-2-1-3-6-25)19-32(36)38-31-20-33-15-13-26(31)14-16-33/h1-12,18,21,26,30-31H,13-17,19-20,22H2/t30-,31-/m0/s1. The van der Waals surface area contributed by atoms with E-state index in [1.165, 1.54) is 0 Å². The van der Waals surface area contributed by atoms with Crippen LogP contribution in [0.3, 0.4) is 0 Å². The number of fused-ring (bicyclic) bond motifs is 3. The van der Waals surface area contributed by atoms with Crippen LogP contribution in [0.25, 0.3) is 0 Å². The maximum atomic E-state index is 13.1. The van der Waals surface area contributed by atoms with E-state index in [0.29, 0.717) is 17.2 Å². The van der Waals surface area contributed by atoms with Crippen LogP contribution in [0, 0.1) is 5.92 Å². The molecule has 3 aliphatic heterocycles. The van der Waals surface area contributed by atoms with Gasteiger partial charge < -0.3 is 9.47 Å². The Hall–Kier alpha value is -3.77. The lowest BCUT2D eigenvalue weighted by Gasteiger charge is -2.44. The zero-order chi connectivity index (χ0) is 26.3. The number of hydrogen-bond donors (Lipinski definition) is 0. The van der Waals surface area contributed by atoms with E-state index in [2.05, 4.69) is 4.90 Å². The van der Waals surface area contributed by atoms with Gasteiger partial charge in [-0.05, 0) is 60.7 Å². The van der Waals surface area contributed by atoms with Crippen molar-refractivity contribution in [2.24, 2.45) is 5.92 Å². The number of piperidine rings is 3. The van der Waals surface area contributed by atoms with Crippen LogP contribution in [-0.2, 0) is 20.7 Å². The summed E-state index contributed by atoms with van der Waals surface area (Å²) in [5.74, 6) is 0.630. The molecule has 0 aromatic heterocycles. The molecule has 6 heteroatoms. The van der Waals surface area contributed by atoms with Gasteiger partial charge in [0.25, 0.3) is 0 Å². The van der Waals surface area contributed by atoms with Crippen LogP contribution in [-0.4, -0.2) is 55.3 Å². The highest BCUT2D eigenvalue weighted by Gasteiger charge is 2.36. The number of Topliss-reactive ketones (excluding diaryl/α,β-unsaturated/α-hetero) is 1. The fraction of sp³-hybridized carbons (Fsp3) is 0.344. The molecular weight excluding hydrogens is 478 g/mol. The molecular formula is C32H33NO5. The first kappa shape index (κ1) is 25.9. The highest BCUT2D eigenvalue weighted by atomic mass is 16.5. The summed E-state index contributed by atoms with van der Waals surface area (Å²) in [4.78, 5) is 38.8. The van der Waals surface area contributed by atoms with Crippen molar-refractivity contribution >= 4 is 18.0 Å². The fourth-order valence-corrected chi connectivity index (χ4v) is 5.52. The summed E-state index contributed by atoms with van der Waals surface area (Å²) in [6.07, 6.45) is 3.44. The molecule has 0 spiro atoms. The molecule has 3 aromatic rings. The Morgan fingerprint density at radius 3 is 2.34 bits per heavy atom. The topological polar surface area (TPSA) is 72.9 Å². The Morgan fingerprint density at radius 1 is 0.921 bits per heavy atom. The quantitative estimate of drug-likeness (QED) is 0.271. The maximum absolute atomic E-state index is 13.1. The summed E-state index contributed by atoms with van der Waals surface area (Å²) < 4.78 is 11.8. The molecule has 0 saturated carbocycles. The lowest BCUT2D eigenvalue weighted by molar-refractivity contribution is -0.159. The molecule has 38 heavy (non-hydrogen) atoms. The molecule has 0 aliphatic carbocycles. The van der Waals surface area contributed by atoms with Gasteiger partial charge in [0.15, 0.2) is 5.78 Å². The first-order valence-corrected chi connectivity index (χ1v) is 13.3. The van der Waals surface area contributed by atoms with Gasteiger partial charge in [-0.15, -0.1) is 0 Å². The highest BCUT2D eigenvalue weighted by molar-refractivity contribution is 5.82. The van der Waals surface area contributed by atoms with E-state index in [1.54, 1.807) is 24.3 Å². The van der Waals surface area contributed by atoms with Crippen molar-refractivity contribution in [1.29, 1.82) is 0 Å². The number of ketones is 1. The van der Waals surface area contributed by atoms with Crippen molar-refractivity contribution in [2.75, 3.05) is 26.2 Å². The minimum atomic E-state index is -0.181. The van der Waals surface area contributed by atoms with Gasteiger partial charge in [0.1, 0.15) is 24.7 Å². The summed E-state index contributed by atoms with van der Waals surface area (Å²) in [5.41, 5.74) is 3.39. The van der Waals surface area contributed by atoms with Gasteiger partial charge in [0.2, 0.25) is 0 Å². The molecule has 2 atom stereocenters. The monoisotopic (exact) mass is 511 g/mol. The van der Waals surface area contributed by atoms with E-state index >= 15 is 0 Å². The third-order valence-corrected chi connectivity index (χ3v) is 7.63. The first-order valence-electron chi connectivity index (χ1n) is 13.3. The zero-order valence-electron chi connectivity index (χ0n) is 21.5. The van der Waals surface area contributed by atoms with Crippen LogP contribution >= 0.6 is 0 Å². The molecule has 3 aliphatic rings. The maximum Gasteiger partial charge on any atom is 0.307 e. The number of aldehydes is 1. The smallest absolute Gasteiger partial charge is 0.307 e. The third kappa shape index (κ3) is 6.56. The van der Waals surface area contributed by atoms with Gasteiger partial charge in [-0.3, -0.25) is 19.3 Å². The van der Waals surface area contributed by atoms with Crippen LogP contribution in [0.5, 0.6) is 5.75 Å². The second-order valence-electron chi connectivity index (χ2n) is 10.3. The van der Waals surface area contributed by atoms with Crippen molar-refractivity contribution in [1.82, 2.24) is 4.90 Å². The zero-order valence-corrected chi connectivity index (χ0v) is 21.5. The van der Waals surface area contributed by atoms with E-state index < -0.39 is 0 Å². The lowest BCUT2D eigenvalue weighted by Crippen LogP contribution is -2.52. The molecule has 0 N–H and O–H groups in total. The van der Waals surface area contributed by atoms with Crippen LogP contribution in [0.15, 0.2) is 78.9 Å². The van der Waals surface area contributed by atoms with Crippen molar-refractivity contribution in [3.8, 4) is 5.75 Å². The normalized spacial score (nSPS) is 20.9. The van der Waals surface area contributed by atoms with Crippen LogP contribution in [0.4, 0.5) is 0 Å². The Bertz CT molecular complexity index is 1250. The predicted molar refractivity (Wildman–Crippen MR) is 144 cm³/mol. The summed E-state index contributed by atoms with van der Waals surface area (Å²) in [6.45, 7) is 2.99. The SMILES string of the molecule is O=Cc1ccc(CC(=O)COc2cccc([C@@H](CC(=O)O[C@H]3CN4CCC3CC4)c3ccccc3)c2)cc1. The summed E-state index contributed by atoms with van der Waals surface area (Å²) in [6, 6.07) is 24.5. The molecule has 3 heterocycles. The van der Waals surface area contributed by atoms with Crippen LogP contribution in [0.1, 0.15) is 52.2 Å². The Kier molecular flexibility index (Phi) is 8.29. The predicted octanol–water partition coefficient (Wildman–Crippen LogP) is 4.85. The van der Waals surface area contributed by atoms with E-state index in [-0.39, 0.29) is 43.2 Å². The fourth-order valence-electron chi connectivity index (χ4n) is 5.52. The van der Waals surface area contributed by atoms with Gasteiger partial charge in [0.05, 0.1) is 6.42 Å². The van der Waals surface area contributed by atoms with Gasteiger partial charge in [-0.2, -0.15) is 0 Å². The minimum Gasteiger partial charge on any atom is -0.486 e. The molecule has 3 fully saturated rings.